The van der Waals surface area contributed by atoms with Gasteiger partial charge >= 0.3 is 0 Å². The van der Waals surface area contributed by atoms with Gasteiger partial charge in [-0.15, -0.1) is 0 Å². The van der Waals surface area contributed by atoms with E-state index in [1.807, 2.05) is 37.3 Å². The molecule has 2 aromatic carbocycles. The molecule has 6 heteroatoms. The number of hydrogen-bond acceptors (Lipinski definition) is 3. The van der Waals surface area contributed by atoms with E-state index in [0.717, 1.165) is 18.4 Å². The molecule has 2 N–H and O–H groups in total. The fraction of sp³-hybridized carbons (Fsp3) is 0.364. The van der Waals surface area contributed by atoms with Gasteiger partial charge in [0, 0.05) is 35.5 Å². The topological polar surface area (TPSA) is 72.6 Å². The van der Waals surface area contributed by atoms with E-state index in [9.17, 15) is 9.59 Å². The Morgan fingerprint density at radius 3 is 2.64 bits per heavy atom. The number of likely N-dealkylation sites (tertiary alicyclic amines) is 1. The van der Waals surface area contributed by atoms with Crippen molar-refractivity contribution in [3.63, 3.8) is 0 Å². The van der Waals surface area contributed by atoms with Crippen LogP contribution in [0.1, 0.15) is 35.2 Å². The van der Waals surface area contributed by atoms with Gasteiger partial charge < -0.3 is 15.4 Å². The fourth-order valence-electron chi connectivity index (χ4n) is 3.77. The highest BCUT2D eigenvalue weighted by Gasteiger charge is 2.39. The van der Waals surface area contributed by atoms with Gasteiger partial charge in [-0.25, -0.2) is 0 Å². The molecule has 0 aromatic heterocycles. The molecule has 5 nitrogen and oxygen atoms in total. The molecule has 1 atom stereocenters. The second kappa shape index (κ2) is 8.65. The van der Waals surface area contributed by atoms with Gasteiger partial charge in [0.15, 0.2) is 0 Å². The van der Waals surface area contributed by atoms with Crippen molar-refractivity contribution in [3.05, 3.63) is 64.7 Å². The summed E-state index contributed by atoms with van der Waals surface area (Å²) in [5.41, 5.74) is 6.61. The molecule has 1 fully saturated rings. The zero-order chi connectivity index (χ0) is 20.1. The van der Waals surface area contributed by atoms with Crippen molar-refractivity contribution in [2.75, 3.05) is 19.7 Å². The molecule has 0 saturated carbocycles. The number of carbonyl (C=O) groups excluding carboxylic acids is 2. The number of primary amides is 1. The summed E-state index contributed by atoms with van der Waals surface area (Å²) in [6.45, 7) is 3.33. The van der Waals surface area contributed by atoms with E-state index in [1.165, 1.54) is 0 Å². The summed E-state index contributed by atoms with van der Waals surface area (Å²) in [4.78, 5) is 26.5. The lowest BCUT2D eigenvalue weighted by atomic mass is 9.77. The first-order chi connectivity index (χ1) is 13.4. The van der Waals surface area contributed by atoms with E-state index in [0.29, 0.717) is 36.0 Å². The maximum absolute atomic E-state index is 12.9. The van der Waals surface area contributed by atoms with Crippen molar-refractivity contribution in [1.82, 2.24) is 4.90 Å². The standard InChI is InChI=1S/C22H25ClN2O3/c1-16-12-18(8-9-19(16)23)28-15-22(13-20(24)26)10-5-11-25(14-22)21(27)17-6-3-2-4-7-17/h2-4,6-9,12H,5,10-11,13-15H2,1H3,(H2,24,26)/t22-/m1/s1. The van der Waals surface area contributed by atoms with Gasteiger partial charge in [-0.3, -0.25) is 9.59 Å². The van der Waals surface area contributed by atoms with Crippen LogP contribution in [-0.4, -0.2) is 36.4 Å². The summed E-state index contributed by atoms with van der Waals surface area (Å²) in [7, 11) is 0. The highest BCUT2D eigenvalue weighted by molar-refractivity contribution is 6.31. The van der Waals surface area contributed by atoms with Crippen molar-refractivity contribution in [2.24, 2.45) is 11.1 Å². The number of nitrogens with zero attached hydrogens (tertiary/aromatic N) is 1. The molecule has 2 aromatic rings. The minimum absolute atomic E-state index is 0.0310. The van der Waals surface area contributed by atoms with Crippen molar-refractivity contribution in [2.45, 2.75) is 26.2 Å². The Balaban J connectivity index is 1.76. The summed E-state index contributed by atoms with van der Waals surface area (Å²) in [6.07, 6.45) is 1.76. The first-order valence-corrected chi connectivity index (χ1v) is 9.78. The summed E-state index contributed by atoms with van der Waals surface area (Å²) in [6, 6.07) is 14.7. The number of carbonyl (C=O) groups is 2. The number of halogens is 1. The largest absolute Gasteiger partial charge is 0.493 e. The fourth-order valence-corrected chi connectivity index (χ4v) is 3.89. The molecule has 3 rings (SSSR count). The lowest BCUT2D eigenvalue weighted by Gasteiger charge is -2.42. The van der Waals surface area contributed by atoms with E-state index >= 15 is 0 Å². The van der Waals surface area contributed by atoms with Gasteiger partial charge in [-0.05, 0) is 55.7 Å². The Hall–Kier alpha value is -2.53. The number of ether oxygens (including phenoxy) is 1. The summed E-state index contributed by atoms with van der Waals surface area (Å²) in [5.74, 6) is 0.277. The van der Waals surface area contributed by atoms with E-state index < -0.39 is 5.41 Å². The van der Waals surface area contributed by atoms with Crippen molar-refractivity contribution < 1.29 is 14.3 Å². The first kappa shape index (κ1) is 20.2. The summed E-state index contributed by atoms with van der Waals surface area (Å²) in [5, 5.41) is 0.677. The maximum Gasteiger partial charge on any atom is 0.253 e. The van der Waals surface area contributed by atoms with Crippen molar-refractivity contribution in [3.8, 4) is 5.75 Å². The third-order valence-electron chi connectivity index (χ3n) is 5.19. The average molecular weight is 401 g/mol. The van der Waals surface area contributed by atoms with Crippen LogP contribution in [0.15, 0.2) is 48.5 Å². The summed E-state index contributed by atoms with van der Waals surface area (Å²) >= 11 is 6.08. The molecule has 2 amide bonds. The Bertz CT molecular complexity index is 856. The van der Waals surface area contributed by atoms with Crippen molar-refractivity contribution in [1.29, 1.82) is 0 Å². The molecule has 0 radical (unpaired) electrons. The maximum atomic E-state index is 12.9. The van der Waals surface area contributed by atoms with Crippen LogP contribution in [0.4, 0.5) is 0 Å². The van der Waals surface area contributed by atoms with Crippen LogP contribution >= 0.6 is 11.6 Å². The number of aryl methyl sites for hydroxylation is 1. The van der Waals surface area contributed by atoms with E-state index in [1.54, 1.807) is 23.1 Å². The third-order valence-corrected chi connectivity index (χ3v) is 5.62. The van der Waals surface area contributed by atoms with Crippen LogP contribution in [-0.2, 0) is 4.79 Å². The number of nitrogens with two attached hydrogens (primary N) is 1. The van der Waals surface area contributed by atoms with Gasteiger partial charge in [-0.1, -0.05) is 29.8 Å². The molecule has 1 aliphatic rings. The summed E-state index contributed by atoms with van der Waals surface area (Å²) < 4.78 is 6.01. The van der Waals surface area contributed by atoms with Gasteiger partial charge in [0.25, 0.3) is 5.91 Å². The molecule has 1 saturated heterocycles. The van der Waals surface area contributed by atoms with Crippen molar-refractivity contribution >= 4 is 23.4 Å². The zero-order valence-corrected chi connectivity index (χ0v) is 16.7. The van der Waals surface area contributed by atoms with Gasteiger partial charge in [-0.2, -0.15) is 0 Å². The highest BCUT2D eigenvalue weighted by Crippen LogP contribution is 2.35. The predicted octanol–water partition coefficient (Wildman–Crippen LogP) is 3.83. The molecule has 0 bridgehead atoms. The number of rotatable bonds is 6. The lowest BCUT2D eigenvalue weighted by molar-refractivity contribution is -0.122. The molecule has 1 heterocycles. The predicted molar refractivity (Wildman–Crippen MR) is 110 cm³/mol. The number of piperidine rings is 1. The first-order valence-electron chi connectivity index (χ1n) is 9.40. The number of hydrogen-bond donors (Lipinski definition) is 1. The molecule has 1 aliphatic heterocycles. The molecule has 0 spiro atoms. The van der Waals surface area contributed by atoms with E-state index in [2.05, 4.69) is 0 Å². The average Bonchev–Trinajstić information content (AvgIpc) is 2.69. The molecule has 0 aliphatic carbocycles. The number of amides is 2. The second-order valence-electron chi connectivity index (χ2n) is 7.54. The van der Waals surface area contributed by atoms with Crippen LogP contribution < -0.4 is 10.5 Å². The van der Waals surface area contributed by atoms with Crippen LogP contribution in [0.5, 0.6) is 5.75 Å². The Kier molecular flexibility index (Phi) is 6.25. The SMILES string of the molecule is Cc1cc(OC[C@@]2(CC(N)=O)CCCN(C(=O)c3ccccc3)C2)ccc1Cl. The lowest BCUT2D eigenvalue weighted by Crippen LogP contribution is -2.50. The smallest absolute Gasteiger partial charge is 0.253 e. The third kappa shape index (κ3) is 4.84. The van der Waals surface area contributed by atoms with Crippen LogP contribution in [0, 0.1) is 12.3 Å². The molecular weight excluding hydrogens is 376 g/mol. The minimum atomic E-state index is -0.498. The van der Waals surface area contributed by atoms with E-state index in [-0.39, 0.29) is 18.2 Å². The van der Waals surface area contributed by atoms with Crippen LogP contribution in [0.2, 0.25) is 5.02 Å². The Morgan fingerprint density at radius 1 is 1.21 bits per heavy atom. The number of benzene rings is 2. The minimum Gasteiger partial charge on any atom is -0.493 e. The molecule has 148 valence electrons. The quantitative estimate of drug-likeness (QED) is 0.800. The molecule has 0 unspecified atom stereocenters. The Labute approximate surface area is 170 Å². The molecule has 28 heavy (non-hydrogen) atoms. The zero-order valence-electron chi connectivity index (χ0n) is 16.0. The monoisotopic (exact) mass is 400 g/mol. The Morgan fingerprint density at radius 2 is 1.96 bits per heavy atom. The van der Waals surface area contributed by atoms with E-state index in [4.69, 9.17) is 22.1 Å². The van der Waals surface area contributed by atoms with Crippen LogP contribution in [0.3, 0.4) is 0 Å². The van der Waals surface area contributed by atoms with Gasteiger partial charge in [0.1, 0.15) is 5.75 Å². The van der Waals surface area contributed by atoms with Crippen LogP contribution in [0.25, 0.3) is 0 Å². The second-order valence-corrected chi connectivity index (χ2v) is 7.95. The van der Waals surface area contributed by atoms with Gasteiger partial charge in [0.05, 0.1) is 6.61 Å². The highest BCUT2D eigenvalue weighted by atomic mass is 35.5. The van der Waals surface area contributed by atoms with Gasteiger partial charge in [0.2, 0.25) is 5.91 Å². The molecular formula is C22H25ClN2O3. The normalized spacial score (nSPS) is 19.3.